The van der Waals surface area contributed by atoms with Crippen LogP contribution in [0.1, 0.15) is 29.1 Å². The second-order valence-electron chi connectivity index (χ2n) is 6.03. The summed E-state index contributed by atoms with van der Waals surface area (Å²) in [6, 6.07) is 16.5. The fourth-order valence-electron chi connectivity index (χ4n) is 2.64. The van der Waals surface area contributed by atoms with Gasteiger partial charge in [0.15, 0.2) is 0 Å². The van der Waals surface area contributed by atoms with Gasteiger partial charge in [0.2, 0.25) is 5.91 Å². The molecule has 2 aromatic carbocycles. The Kier molecular flexibility index (Phi) is 5.42. The number of fused-ring (bicyclic) bond motifs is 1. The summed E-state index contributed by atoms with van der Waals surface area (Å²) in [5.41, 5.74) is 1.28. The quantitative estimate of drug-likeness (QED) is 0.681. The molecule has 1 N–H and O–H groups in total. The summed E-state index contributed by atoms with van der Waals surface area (Å²) in [6.45, 7) is 1.81. The van der Waals surface area contributed by atoms with E-state index in [-0.39, 0.29) is 24.4 Å². The van der Waals surface area contributed by atoms with Crippen LogP contribution in [0.15, 0.2) is 63.5 Å². The van der Waals surface area contributed by atoms with Gasteiger partial charge in [-0.25, -0.2) is 0 Å². The van der Waals surface area contributed by atoms with Crippen LogP contribution < -0.4 is 5.32 Å². The molecule has 0 spiro atoms. The smallest absolute Gasteiger partial charge is 0.252 e. The second kappa shape index (κ2) is 7.74. The number of rotatable bonds is 5. The Bertz CT molecular complexity index is 918. The summed E-state index contributed by atoms with van der Waals surface area (Å²) in [7, 11) is 1.70. The van der Waals surface area contributed by atoms with Crippen molar-refractivity contribution in [2.75, 3.05) is 13.6 Å². The topological polar surface area (TPSA) is 62.6 Å². The number of furan rings is 1. The zero-order chi connectivity index (χ0) is 18.7. The molecule has 0 aliphatic rings. The zero-order valence-corrected chi connectivity index (χ0v) is 16.1. The number of carbonyl (C=O) groups is 2. The van der Waals surface area contributed by atoms with Crippen LogP contribution >= 0.6 is 15.9 Å². The van der Waals surface area contributed by atoms with E-state index in [0.29, 0.717) is 15.8 Å². The molecule has 1 aromatic heterocycles. The second-order valence-corrected chi connectivity index (χ2v) is 6.88. The molecule has 0 saturated carbocycles. The standard InChI is InChI=1S/C20H19BrN2O3/c1-13(18-11-14-7-3-6-10-17(14)26-18)23(2)19(24)12-22-20(25)15-8-4-5-9-16(15)21/h3-11,13H,12H2,1-2H3,(H,22,25). The molecule has 1 unspecified atom stereocenters. The van der Waals surface area contributed by atoms with Crippen molar-refractivity contribution in [3.8, 4) is 0 Å². The Morgan fingerprint density at radius 3 is 2.58 bits per heavy atom. The molecule has 2 amide bonds. The third-order valence-corrected chi connectivity index (χ3v) is 5.04. The van der Waals surface area contributed by atoms with Crippen LogP contribution in [0, 0.1) is 0 Å². The Morgan fingerprint density at radius 2 is 1.85 bits per heavy atom. The number of amides is 2. The highest BCUT2D eigenvalue weighted by Gasteiger charge is 2.21. The molecule has 1 atom stereocenters. The third kappa shape index (κ3) is 3.80. The molecule has 0 aliphatic heterocycles. The van der Waals surface area contributed by atoms with Crippen LogP contribution in [-0.4, -0.2) is 30.3 Å². The SMILES string of the molecule is CC(c1cc2ccccc2o1)N(C)C(=O)CNC(=O)c1ccccc1Br. The van der Waals surface area contributed by atoms with E-state index in [1.165, 1.54) is 0 Å². The Hall–Kier alpha value is -2.60. The van der Waals surface area contributed by atoms with E-state index in [0.717, 1.165) is 11.0 Å². The Balaban J connectivity index is 1.63. The molecule has 0 aliphatic carbocycles. The maximum atomic E-state index is 12.5. The van der Waals surface area contributed by atoms with Crippen LogP contribution in [-0.2, 0) is 4.79 Å². The Labute approximate surface area is 160 Å². The maximum absolute atomic E-state index is 12.5. The van der Waals surface area contributed by atoms with E-state index in [1.807, 2.05) is 43.3 Å². The fraction of sp³-hybridized carbons (Fsp3) is 0.200. The zero-order valence-electron chi connectivity index (χ0n) is 14.5. The number of nitrogens with zero attached hydrogens (tertiary/aromatic N) is 1. The molecule has 6 heteroatoms. The first-order chi connectivity index (χ1) is 12.5. The average Bonchev–Trinajstić information content (AvgIpc) is 3.09. The lowest BCUT2D eigenvalue weighted by Crippen LogP contribution is -2.39. The third-order valence-electron chi connectivity index (χ3n) is 4.35. The normalized spacial score (nSPS) is 12.0. The lowest BCUT2D eigenvalue weighted by molar-refractivity contribution is -0.131. The van der Waals surface area contributed by atoms with Gasteiger partial charge in [0.1, 0.15) is 11.3 Å². The molecule has 3 aromatic rings. The largest absolute Gasteiger partial charge is 0.459 e. The van der Waals surface area contributed by atoms with Gasteiger partial charge in [0.05, 0.1) is 18.2 Å². The van der Waals surface area contributed by atoms with Crippen molar-refractivity contribution in [2.45, 2.75) is 13.0 Å². The van der Waals surface area contributed by atoms with Gasteiger partial charge in [-0.1, -0.05) is 30.3 Å². The highest BCUT2D eigenvalue weighted by molar-refractivity contribution is 9.10. The summed E-state index contributed by atoms with van der Waals surface area (Å²) in [6.07, 6.45) is 0. The van der Waals surface area contributed by atoms with Gasteiger partial charge in [-0.2, -0.15) is 0 Å². The highest BCUT2D eigenvalue weighted by atomic mass is 79.9. The van der Waals surface area contributed by atoms with Crippen molar-refractivity contribution in [1.82, 2.24) is 10.2 Å². The molecular weight excluding hydrogens is 396 g/mol. The number of halogens is 1. The lowest BCUT2D eigenvalue weighted by atomic mass is 10.2. The predicted octanol–water partition coefficient (Wildman–Crippen LogP) is 4.14. The number of likely N-dealkylation sites (N-methyl/N-ethyl adjacent to an activating group) is 1. The number of para-hydroxylation sites is 1. The van der Waals surface area contributed by atoms with Crippen molar-refractivity contribution in [3.05, 3.63) is 70.4 Å². The minimum absolute atomic E-state index is 0.0821. The highest BCUT2D eigenvalue weighted by Crippen LogP contribution is 2.26. The number of hydrogen-bond donors (Lipinski definition) is 1. The Morgan fingerprint density at radius 1 is 1.15 bits per heavy atom. The fourth-order valence-corrected chi connectivity index (χ4v) is 3.10. The van der Waals surface area contributed by atoms with Crippen molar-refractivity contribution in [2.24, 2.45) is 0 Å². The monoisotopic (exact) mass is 414 g/mol. The molecule has 134 valence electrons. The number of carbonyl (C=O) groups excluding carboxylic acids is 2. The average molecular weight is 415 g/mol. The number of nitrogens with one attached hydrogen (secondary N) is 1. The van der Waals surface area contributed by atoms with Gasteiger partial charge < -0.3 is 14.6 Å². The van der Waals surface area contributed by atoms with E-state index in [4.69, 9.17) is 4.42 Å². The molecule has 0 radical (unpaired) electrons. The van der Waals surface area contributed by atoms with Crippen molar-refractivity contribution in [1.29, 1.82) is 0 Å². The van der Waals surface area contributed by atoms with E-state index in [2.05, 4.69) is 21.2 Å². The molecule has 0 fully saturated rings. The first kappa shape index (κ1) is 18.2. The first-order valence-corrected chi connectivity index (χ1v) is 9.03. The molecular formula is C20H19BrN2O3. The lowest BCUT2D eigenvalue weighted by Gasteiger charge is -2.23. The van der Waals surface area contributed by atoms with Gasteiger partial charge in [-0.3, -0.25) is 9.59 Å². The molecule has 3 rings (SSSR count). The van der Waals surface area contributed by atoms with Gasteiger partial charge in [-0.05, 0) is 47.1 Å². The number of benzene rings is 2. The van der Waals surface area contributed by atoms with Gasteiger partial charge >= 0.3 is 0 Å². The summed E-state index contributed by atoms with van der Waals surface area (Å²) < 4.78 is 6.51. The van der Waals surface area contributed by atoms with Crippen LogP contribution in [0.5, 0.6) is 0 Å². The van der Waals surface area contributed by atoms with Gasteiger partial charge in [-0.15, -0.1) is 0 Å². The molecule has 1 heterocycles. The minimum Gasteiger partial charge on any atom is -0.459 e. The number of hydrogen-bond acceptors (Lipinski definition) is 3. The van der Waals surface area contributed by atoms with E-state index in [9.17, 15) is 9.59 Å². The van der Waals surface area contributed by atoms with Gasteiger partial charge in [0.25, 0.3) is 5.91 Å². The van der Waals surface area contributed by atoms with Crippen molar-refractivity contribution in [3.63, 3.8) is 0 Å². The van der Waals surface area contributed by atoms with E-state index in [1.54, 1.807) is 30.1 Å². The summed E-state index contributed by atoms with van der Waals surface area (Å²) in [5.74, 6) is 0.216. The summed E-state index contributed by atoms with van der Waals surface area (Å²) >= 11 is 3.33. The van der Waals surface area contributed by atoms with Crippen LogP contribution in [0.4, 0.5) is 0 Å². The van der Waals surface area contributed by atoms with Crippen molar-refractivity contribution >= 4 is 38.7 Å². The van der Waals surface area contributed by atoms with Gasteiger partial charge in [0, 0.05) is 16.9 Å². The van der Waals surface area contributed by atoms with E-state index < -0.39 is 0 Å². The summed E-state index contributed by atoms with van der Waals surface area (Å²) in [5, 5.41) is 3.66. The summed E-state index contributed by atoms with van der Waals surface area (Å²) in [4.78, 5) is 26.2. The molecule has 0 saturated heterocycles. The molecule has 26 heavy (non-hydrogen) atoms. The van der Waals surface area contributed by atoms with Crippen LogP contribution in [0.3, 0.4) is 0 Å². The predicted molar refractivity (Wildman–Crippen MR) is 104 cm³/mol. The maximum Gasteiger partial charge on any atom is 0.252 e. The first-order valence-electron chi connectivity index (χ1n) is 8.24. The molecule has 0 bridgehead atoms. The van der Waals surface area contributed by atoms with E-state index >= 15 is 0 Å². The van der Waals surface area contributed by atoms with Crippen molar-refractivity contribution < 1.29 is 14.0 Å². The van der Waals surface area contributed by atoms with Crippen LogP contribution in [0.2, 0.25) is 0 Å². The molecule has 5 nitrogen and oxygen atoms in total. The van der Waals surface area contributed by atoms with Crippen LogP contribution in [0.25, 0.3) is 11.0 Å². The minimum atomic E-state index is -0.296.